The van der Waals surface area contributed by atoms with E-state index >= 15 is 0 Å². The third-order valence-electron chi connectivity index (χ3n) is 8.18. The molecule has 6 heteroatoms. The molecule has 0 unspecified atom stereocenters. The Morgan fingerprint density at radius 1 is 1.07 bits per heavy atom. The highest BCUT2D eigenvalue weighted by molar-refractivity contribution is 5.89. The van der Waals surface area contributed by atoms with Crippen LogP contribution in [0, 0.1) is 11.8 Å². The minimum atomic E-state index is -0.538. The average molecular weight is 413 g/mol. The summed E-state index contributed by atoms with van der Waals surface area (Å²) >= 11 is 0. The molecule has 0 aromatic heterocycles. The van der Waals surface area contributed by atoms with E-state index in [0.29, 0.717) is 26.2 Å². The van der Waals surface area contributed by atoms with Gasteiger partial charge in [0.05, 0.1) is 24.6 Å². The molecule has 30 heavy (non-hydrogen) atoms. The van der Waals surface area contributed by atoms with Crippen molar-refractivity contribution in [3.05, 3.63) is 35.9 Å². The molecule has 1 spiro atoms. The second-order valence-electron chi connectivity index (χ2n) is 9.77. The molecule has 3 aliphatic heterocycles. The normalized spacial score (nSPS) is 34.7. The predicted octanol–water partition coefficient (Wildman–Crippen LogP) is 1.96. The highest BCUT2D eigenvalue weighted by atomic mass is 16.5. The summed E-state index contributed by atoms with van der Waals surface area (Å²) in [6.07, 6.45) is 4.96. The number of morpholine rings is 1. The van der Waals surface area contributed by atoms with Crippen molar-refractivity contribution in [2.45, 2.75) is 56.1 Å². The molecular formula is C24H32N2O4. The van der Waals surface area contributed by atoms with E-state index in [-0.39, 0.29) is 36.4 Å². The number of hydrogen-bond acceptors (Lipinski definition) is 4. The molecule has 4 aliphatic rings. The topological polar surface area (TPSA) is 70.1 Å². The zero-order valence-electron chi connectivity index (χ0n) is 17.8. The zero-order valence-corrected chi connectivity index (χ0v) is 17.8. The van der Waals surface area contributed by atoms with Crippen LogP contribution < -0.4 is 0 Å². The monoisotopic (exact) mass is 412 g/mol. The summed E-state index contributed by atoms with van der Waals surface area (Å²) in [6, 6.07) is 10.2. The highest BCUT2D eigenvalue weighted by Crippen LogP contribution is 2.51. The van der Waals surface area contributed by atoms with Crippen molar-refractivity contribution in [2.75, 3.05) is 32.8 Å². The van der Waals surface area contributed by atoms with Crippen molar-refractivity contribution in [3.8, 4) is 0 Å². The van der Waals surface area contributed by atoms with Crippen molar-refractivity contribution >= 4 is 11.8 Å². The Kier molecular flexibility index (Phi) is 4.90. The molecule has 1 aliphatic carbocycles. The van der Waals surface area contributed by atoms with Crippen LogP contribution in [0.25, 0.3) is 0 Å². The Morgan fingerprint density at radius 3 is 2.43 bits per heavy atom. The number of aliphatic hydroxyl groups excluding tert-OH is 1. The lowest BCUT2D eigenvalue weighted by Crippen LogP contribution is -2.56. The molecule has 162 valence electrons. The van der Waals surface area contributed by atoms with Crippen LogP contribution in [-0.2, 0) is 19.7 Å². The molecule has 1 N–H and O–H groups in total. The van der Waals surface area contributed by atoms with Crippen LogP contribution in [0.2, 0.25) is 0 Å². The Balaban J connectivity index is 1.46. The fourth-order valence-electron chi connectivity index (χ4n) is 6.67. The van der Waals surface area contributed by atoms with Gasteiger partial charge in [0, 0.05) is 38.5 Å². The summed E-state index contributed by atoms with van der Waals surface area (Å²) in [4.78, 5) is 30.0. The standard InChI is InChI=1S/C24H32N2O4/c1-17(28)25-13-21-19(14-27)20-12-26(16-24(20,15-25)30-21)22(29)23(10-6-3-7-11-23)18-8-4-2-5-9-18/h2,4-5,8-9,19-21,27H,3,6-7,10-16H2,1H3/t19-,20+,21+,24+/m0/s1. The van der Waals surface area contributed by atoms with E-state index in [4.69, 9.17) is 4.74 Å². The third kappa shape index (κ3) is 2.91. The minimum Gasteiger partial charge on any atom is -0.396 e. The van der Waals surface area contributed by atoms with Crippen LogP contribution in [0.1, 0.15) is 44.6 Å². The number of carbonyl (C=O) groups is 2. The zero-order chi connectivity index (χ0) is 20.9. The fourth-order valence-corrected chi connectivity index (χ4v) is 6.67. The van der Waals surface area contributed by atoms with Crippen LogP contribution in [-0.4, -0.2) is 71.2 Å². The van der Waals surface area contributed by atoms with E-state index in [9.17, 15) is 14.7 Å². The molecule has 3 heterocycles. The van der Waals surface area contributed by atoms with Gasteiger partial charge in [0.15, 0.2) is 0 Å². The maximum atomic E-state index is 14.0. The molecule has 2 amide bonds. The highest BCUT2D eigenvalue weighted by Gasteiger charge is 2.64. The van der Waals surface area contributed by atoms with E-state index in [2.05, 4.69) is 12.1 Å². The van der Waals surface area contributed by atoms with Gasteiger partial charge in [0.2, 0.25) is 11.8 Å². The average Bonchev–Trinajstić information content (AvgIpc) is 3.21. The van der Waals surface area contributed by atoms with Crippen molar-refractivity contribution in [2.24, 2.45) is 11.8 Å². The number of likely N-dealkylation sites (tertiary alicyclic amines) is 2. The van der Waals surface area contributed by atoms with Gasteiger partial charge in [-0.05, 0) is 18.4 Å². The molecule has 5 rings (SSSR count). The first kappa shape index (κ1) is 20.0. The molecule has 1 saturated carbocycles. The van der Waals surface area contributed by atoms with Gasteiger partial charge >= 0.3 is 0 Å². The lowest BCUT2D eigenvalue weighted by Gasteiger charge is -2.42. The third-order valence-corrected chi connectivity index (χ3v) is 8.18. The van der Waals surface area contributed by atoms with Crippen LogP contribution in [0.3, 0.4) is 0 Å². The Bertz CT molecular complexity index is 822. The number of ether oxygens (including phenoxy) is 1. The van der Waals surface area contributed by atoms with Crippen LogP contribution >= 0.6 is 0 Å². The molecule has 0 radical (unpaired) electrons. The van der Waals surface area contributed by atoms with Crippen LogP contribution in [0.15, 0.2) is 30.3 Å². The summed E-state index contributed by atoms with van der Waals surface area (Å²) in [7, 11) is 0. The maximum Gasteiger partial charge on any atom is 0.233 e. The molecular weight excluding hydrogens is 380 g/mol. The van der Waals surface area contributed by atoms with Crippen molar-refractivity contribution < 1.29 is 19.4 Å². The molecule has 6 nitrogen and oxygen atoms in total. The van der Waals surface area contributed by atoms with E-state index in [1.54, 1.807) is 6.92 Å². The van der Waals surface area contributed by atoms with Gasteiger partial charge in [0.1, 0.15) is 5.60 Å². The summed E-state index contributed by atoms with van der Waals surface area (Å²) in [5.41, 5.74) is 0.123. The number of amides is 2. The molecule has 4 atom stereocenters. The lowest BCUT2D eigenvalue weighted by molar-refractivity contribution is -0.154. The largest absolute Gasteiger partial charge is 0.396 e. The summed E-state index contributed by atoms with van der Waals surface area (Å²) in [6.45, 7) is 3.81. The van der Waals surface area contributed by atoms with Gasteiger partial charge in [0.25, 0.3) is 0 Å². The van der Waals surface area contributed by atoms with Gasteiger partial charge in [-0.3, -0.25) is 9.59 Å². The van der Waals surface area contributed by atoms with Gasteiger partial charge in [-0.15, -0.1) is 0 Å². The van der Waals surface area contributed by atoms with Crippen molar-refractivity contribution in [1.82, 2.24) is 9.80 Å². The minimum absolute atomic E-state index is 0.0221. The van der Waals surface area contributed by atoms with E-state index in [1.807, 2.05) is 28.0 Å². The van der Waals surface area contributed by atoms with Crippen molar-refractivity contribution in [3.63, 3.8) is 0 Å². The van der Waals surface area contributed by atoms with Crippen LogP contribution in [0.4, 0.5) is 0 Å². The number of rotatable bonds is 3. The number of fused-ring (bicyclic) bond motifs is 1. The summed E-state index contributed by atoms with van der Waals surface area (Å²) in [5, 5.41) is 10.1. The van der Waals surface area contributed by atoms with Crippen LogP contribution in [0.5, 0.6) is 0 Å². The second kappa shape index (κ2) is 7.34. The van der Waals surface area contributed by atoms with E-state index < -0.39 is 11.0 Å². The van der Waals surface area contributed by atoms with Gasteiger partial charge in [-0.25, -0.2) is 0 Å². The quantitative estimate of drug-likeness (QED) is 0.824. The first-order valence-electron chi connectivity index (χ1n) is 11.4. The van der Waals surface area contributed by atoms with Gasteiger partial charge in [-0.1, -0.05) is 49.6 Å². The summed E-state index contributed by atoms with van der Waals surface area (Å²) in [5.74, 6) is 0.301. The first-order valence-corrected chi connectivity index (χ1v) is 11.4. The summed E-state index contributed by atoms with van der Waals surface area (Å²) < 4.78 is 6.45. The molecule has 4 fully saturated rings. The molecule has 2 bridgehead atoms. The number of aliphatic hydroxyl groups is 1. The number of hydrogen-bond donors (Lipinski definition) is 1. The molecule has 1 aromatic carbocycles. The first-order chi connectivity index (χ1) is 14.5. The Morgan fingerprint density at radius 2 is 1.77 bits per heavy atom. The molecule has 1 aromatic rings. The van der Waals surface area contributed by atoms with Gasteiger partial charge in [-0.2, -0.15) is 0 Å². The predicted molar refractivity (Wildman–Crippen MR) is 112 cm³/mol. The van der Waals surface area contributed by atoms with E-state index in [0.717, 1.165) is 31.2 Å². The Hall–Kier alpha value is -1.92. The van der Waals surface area contributed by atoms with E-state index in [1.165, 1.54) is 6.42 Å². The number of carbonyl (C=O) groups excluding carboxylic acids is 2. The number of nitrogens with zero attached hydrogens (tertiary/aromatic N) is 2. The Labute approximate surface area is 178 Å². The second-order valence-corrected chi connectivity index (χ2v) is 9.77. The number of benzene rings is 1. The SMILES string of the molecule is CC(=O)N1C[C@H]2O[C@]3(C1)CN(C(=O)C1(c4ccccc4)CCCCC1)C[C@@H]3[C@@H]2CO. The molecule has 3 saturated heterocycles. The fraction of sp³-hybridized carbons (Fsp3) is 0.667. The lowest BCUT2D eigenvalue weighted by atomic mass is 9.68. The maximum absolute atomic E-state index is 14.0. The van der Waals surface area contributed by atoms with Crippen molar-refractivity contribution in [1.29, 1.82) is 0 Å². The smallest absolute Gasteiger partial charge is 0.233 e. The van der Waals surface area contributed by atoms with Gasteiger partial charge < -0.3 is 19.6 Å².